The second-order valence-electron chi connectivity index (χ2n) is 7.33. The Kier molecular flexibility index (Phi) is 3.89. The first kappa shape index (κ1) is 15.1. The zero-order valence-corrected chi connectivity index (χ0v) is 14.0. The summed E-state index contributed by atoms with van der Waals surface area (Å²) in [6, 6.07) is 0.499. The smallest absolute Gasteiger partial charge is 0.226 e. The van der Waals surface area contributed by atoms with Crippen LogP contribution in [0, 0.1) is 11.8 Å². The zero-order chi connectivity index (χ0) is 16.0. The van der Waals surface area contributed by atoms with E-state index in [1.807, 2.05) is 24.1 Å². The van der Waals surface area contributed by atoms with Crippen LogP contribution in [0.25, 0.3) is 0 Å². The Labute approximate surface area is 137 Å². The molecule has 2 saturated heterocycles. The molecule has 1 saturated carbocycles. The van der Waals surface area contributed by atoms with Crippen molar-refractivity contribution in [3.8, 4) is 0 Å². The molecule has 3 fully saturated rings. The molecule has 0 aromatic carbocycles. The van der Waals surface area contributed by atoms with Gasteiger partial charge in [-0.15, -0.1) is 0 Å². The molecule has 2 aliphatic heterocycles. The number of ether oxygens (including phenoxy) is 1. The topological polar surface area (TPSA) is 50.6 Å². The highest BCUT2D eigenvalue weighted by molar-refractivity contribution is 5.83. The Hall–Kier alpha value is -1.40. The maximum atomic E-state index is 12.8. The monoisotopic (exact) mass is 318 g/mol. The summed E-state index contributed by atoms with van der Waals surface area (Å²) in [5.74, 6) is 1.46. The summed E-state index contributed by atoms with van der Waals surface area (Å²) in [6.45, 7) is 7.70. The van der Waals surface area contributed by atoms with Crippen molar-refractivity contribution < 1.29 is 9.53 Å². The van der Waals surface area contributed by atoms with Crippen molar-refractivity contribution in [2.75, 3.05) is 39.4 Å². The molecule has 6 heteroatoms. The van der Waals surface area contributed by atoms with Gasteiger partial charge in [0.2, 0.25) is 5.91 Å². The maximum absolute atomic E-state index is 12.8. The average Bonchev–Trinajstić information content (AvgIpc) is 3.09. The van der Waals surface area contributed by atoms with Crippen molar-refractivity contribution in [1.29, 1.82) is 0 Å². The van der Waals surface area contributed by atoms with E-state index in [4.69, 9.17) is 4.74 Å². The molecular weight excluding hydrogens is 292 g/mol. The normalized spacial score (nSPS) is 34.8. The summed E-state index contributed by atoms with van der Waals surface area (Å²) < 4.78 is 7.27. The number of morpholine rings is 1. The molecule has 23 heavy (non-hydrogen) atoms. The number of hydrogen-bond donors (Lipinski definition) is 0. The SMILES string of the molecule is C[C@@H]1CN(C(=O)[C@@H]2C[C@H]2c2cnn(C)c2)C[C@@H]1N1CCOCC1. The van der Waals surface area contributed by atoms with Crippen molar-refractivity contribution >= 4 is 5.91 Å². The molecule has 126 valence electrons. The molecule has 3 aliphatic rings. The number of likely N-dealkylation sites (tertiary alicyclic amines) is 1. The first-order chi connectivity index (χ1) is 11.1. The second-order valence-corrected chi connectivity index (χ2v) is 7.33. The summed E-state index contributed by atoms with van der Waals surface area (Å²) >= 11 is 0. The van der Waals surface area contributed by atoms with Crippen LogP contribution in [0.1, 0.15) is 24.8 Å². The predicted octanol–water partition coefficient (Wildman–Crippen LogP) is 0.703. The van der Waals surface area contributed by atoms with Crippen molar-refractivity contribution in [2.24, 2.45) is 18.9 Å². The summed E-state index contributed by atoms with van der Waals surface area (Å²) in [4.78, 5) is 17.4. The number of carbonyl (C=O) groups excluding carboxylic acids is 1. The highest BCUT2D eigenvalue weighted by Gasteiger charge is 2.48. The van der Waals surface area contributed by atoms with Gasteiger partial charge in [-0.05, 0) is 23.8 Å². The van der Waals surface area contributed by atoms with Crippen LogP contribution < -0.4 is 0 Å². The summed E-state index contributed by atoms with van der Waals surface area (Å²) in [5.41, 5.74) is 1.21. The van der Waals surface area contributed by atoms with Gasteiger partial charge in [0.1, 0.15) is 0 Å². The number of rotatable bonds is 3. The number of aromatic nitrogens is 2. The fourth-order valence-electron chi connectivity index (χ4n) is 4.22. The number of aryl methyl sites for hydroxylation is 1. The van der Waals surface area contributed by atoms with Crippen LogP contribution in [-0.4, -0.2) is 70.9 Å². The van der Waals surface area contributed by atoms with Gasteiger partial charge in [0.05, 0.1) is 19.4 Å². The van der Waals surface area contributed by atoms with E-state index in [-0.39, 0.29) is 5.92 Å². The van der Waals surface area contributed by atoms with Crippen LogP contribution >= 0.6 is 0 Å². The standard InChI is InChI=1S/C17H26N4O2/c1-12-9-21(11-16(12)20-3-5-23-6-4-20)17(22)15-7-14(15)13-8-18-19(2)10-13/h8,10,12,14-16H,3-7,9,11H2,1-2H3/t12-,14+,15-,16+/m1/s1. The van der Waals surface area contributed by atoms with Gasteiger partial charge >= 0.3 is 0 Å². The number of nitrogens with zero attached hydrogens (tertiary/aromatic N) is 4. The minimum Gasteiger partial charge on any atom is -0.379 e. The van der Waals surface area contributed by atoms with Gasteiger partial charge < -0.3 is 9.64 Å². The van der Waals surface area contributed by atoms with E-state index in [1.54, 1.807) is 0 Å². The van der Waals surface area contributed by atoms with Crippen molar-refractivity contribution in [2.45, 2.75) is 25.3 Å². The molecule has 0 N–H and O–H groups in total. The third-order valence-corrected chi connectivity index (χ3v) is 5.66. The molecular formula is C17H26N4O2. The summed E-state index contributed by atoms with van der Waals surface area (Å²) in [7, 11) is 1.93. The van der Waals surface area contributed by atoms with Crippen LogP contribution in [0.4, 0.5) is 0 Å². The van der Waals surface area contributed by atoms with Crippen LogP contribution in [0.15, 0.2) is 12.4 Å². The van der Waals surface area contributed by atoms with Crippen molar-refractivity contribution in [3.05, 3.63) is 18.0 Å². The van der Waals surface area contributed by atoms with Gasteiger partial charge in [-0.2, -0.15) is 5.10 Å². The summed E-state index contributed by atoms with van der Waals surface area (Å²) in [5, 5.41) is 4.23. The van der Waals surface area contributed by atoms with Gasteiger partial charge in [-0.1, -0.05) is 6.92 Å². The molecule has 3 heterocycles. The van der Waals surface area contributed by atoms with Crippen LogP contribution in [0.3, 0.4) is 0 Å². The first-order valence-electron chi connectivity index (χ1n) is 8.72. The molecule has 1 aliphatic carbocycles. The molecule has 1 aromatic rings. The lowest BCUT2D eigenvalue weighted by atomic mass is 10.0. The van der Waals surface area contributed by atoms with Gasteiger partial charge in [-0.25, -0.2) is 0 Å². The second kappa shape index (κ2) is 5.91. The Bertz CT molecular complexity index is 581. The quantitative estimate of drug-likeness (QED) is 0.823. The number of amides is 1. The van der Waals surface area contributed by atoms with Crippen molar-refractivity contribution in [3.63, 3.8) is 0 Å². The number of carbonyl (C=O) groups is 1. The third kappa shape index (κ3) is 2.90. The molecule has 4 rings (SSSR count). The van der Waals surface area contributed by atoms with Gasteiger partial charge in [0.25, 0.3) is 0 Å². The predicted molar refractivity (Wildman–Crippen MR) is 86.0 cm³/mol. The number of hydrogen-bond acceptors (Lipinski definition) is 4. The van der Waals surface area contributed by atoms with E-state index >= 15 is 0 Å². The highest BCUT2D eigenvalue weighted by atomic mass is 16.5. The highest BCUT2D eigenvalue weighted by Crippen LogP contribution is 2.48. The first-order valence-corrected chi connectivity index (χ1v) is 8.72. The van der Waals surface area contributed by atoms with E-state index in [9.17, 15) is 4.79 Å². The molecule has 0 spiro atoms. The molecule has 0 unspecified atom stereocenters. The fraction of sp³-hybridized carbons (Fsp3) is 0.765. The minimum absolute atomic E-state index is 0.176. The summed E-state index contributed by atoms with van der Waals surface area (Å²) in [6.07, 6.45) is 4.93. The molecule has 1 amide bonds. The lowest BCUT2D eigenvalue weighted by Gasteiger charge is -2.34. The van der Waals surface area contributed by atoms with Gasteiger partial charge in [0, 0.05) is 51.4 Å². The molecule has 6 nitrogen and oxygen atoms in total. The van der Waals surface area contributed by atoms with Crippen LogP contribution in [-0.2, 0) is 16.6 Å². The maximum Gasteiger partial charge on any atom is 0.226 e. The Morgan fingerprint density at radius 3 is 2.78 bits per heavy atom. The minimum atomic E-state index is 0.176. The molecule has 4 atom stereocenters. The average molecular weight is 318 g/mol. The lowest BCUT2D eigenvalue weighted by Crippen LogP contribution is -2.47. The molecule has 0 bridgehead atoms. The van der Waals surface area contributed by atoms with Crippen LogP contribution in [0.2, 0.25) is 0 Å². The van der Waals surface area contributed by atoms with Gasteiger partial charge in [-0.3, -0.25) is 14.4 Å². The van der Waals surface area contributed by atoms with Crippen molar-refractivity contribution in [1.82, 2.24) is 19.6 Å². The third-order valence-electron chi connectivity index (χ3n) is 5.66. The molecule has 0 radical (unpaired) electrons. The van der Waals surface area contributed by atoms with Crippen LogP contribution in [0.5, 0.6) is 0 Å². The fourth-order valence-corrected chi connectivity index (χ4v) is 4.22. The Morgan fingerprint density at radius 2 is 2.09 bits per heavy atom. The van der Waals surface area contributed by atoms with E-state index in [2.05, 4.69) is 21.8 Å². The van der Waals surface area contributed by atoms with E-state index in [0.717, 1.165) is 45.8 Å². The Balaban J connectivity index is 1.36. The zero-order valence-electron chi connectivity index (χ0n) is 14.0. The van der Waals surface area contributed by atoms with E-state index in [1.165, 1.54) is 5.56 Å². The lowest BCUT2D eigenvalue weighted by molar-refractivity contribution is -0.131. The Morgan fingerprint density at radius 1 is 1.30 bits per heavy atom. The molecule has 1 aromatic heterocycles. The van der Waals surface area contributed by atoms with E-state index < -0.39 is 0 Å². The van der Waals surface area contributed by atoms with E-state index in [0.29, 0.717) is 23.8 Å². The van der Waals surface area contributed by atoms with Gasteiger partial charge in [0.15, 0.2) is 0 Å². The largest absolute Gasteiger partial charge is 0.379 e.